The lowest BCUT2D eigenvalue weighted by Crippen LogP contribution is -1.86. The molecule has 0 aliphatic carbocycles. The third-order valence-corrected chi connectivity index (χ3v) is 3.71. The highest BCUT2D eigenvalue weighted by atomic mass is 35.5. The summed E-state index contributed by atoms with van der Waals surface area (Å²) in [6, 6.07) is 13.4. The zero-order valence-electron chi connectivity index (χ0n) is 10.7. The number of aromatic nitrogens is 2. The smallest absolute Gasteiger partial charge is 0.208 e. The number of rotatable bonds is 3. The van der Waals surface area contributed by atoms with Crippen LogP contribution in [0.2, 0.25) is 5.15 Å². The average Bonchev–Trinajstić information content (AvgIpc) is 2.80. The number of nitrogens with zero attached hydrogens (tertiary/aromatic N) is 2. The molecule has 2 aromatic heterocycles. The summed E-state index contributed by atoms with van der Waals surface area (Å²) in [5.74, 6) is 0.658. The van der Waals surface area contributed by atoms with Crippen molar-refractivity contribution in [2.45, 2.75) is 6.92 Å². The summed E-state index contributed by atoms with van der Waals surface area (Å²) in [5, 5.41) is 2.12. The van der Waals surface area contributed by atoms with Crippen molar-refractivity contribution in [3.05, 3.63) is 58.8 Å². The van der Waals surface area contributed by atoms with Gasteiger partial charge in [-0.1, -0.05) is 53.3 Å². The van der Waals surface area contributed by atoms with Crippen molar-refractivity contribution < 1.29 is 4.74 Å². The summed E-state index contributed by atoms with van der Waals surface area (Å²) in [6.07, 6.45) is 1.62. The van der Waals surface area contributed by atoms with Gasteiger partial charge in [0.25, 0.3) is 0 Å². The van der Waals surface area contributed by atoms with Crippen LogP contribution < -0.4 is 4.74 Å². The minimum absolute atomic E-state index is 0.407. The van der Waals surface area contributed by atoms with Crippen LogP contribution in [-0.4, -0.2) is 9.97 Å². The van der Waals surface area contributed by atoms with Crippen molar-refractivity contribution in [2.24, 2.45) is 0 Å². The molecule has 3 aromatic rings. The first-order chi connectivity index (χ1) is 9.72. The largest absolute Gasteiger partial charge is 0.444 e. The van der Waals surface area contributed by atoms with Crippen LogP contribution in [-0.2, 0) is 0 Å². The van der Waals surface area contributed by atoms with Gasteiger partial charge in [-0.3, -0.25) is 0 Å². The number of pyridine rings is 1. The van der Waals surface area contributed by atoms with Gasteiger partial charge in [0, 0.05) is 17.8 Å². The van der Waals surface area contributed by atoms with Gasteiger partial charge in [-0.2, -0.15) is 0 Å². The minimum atomic E-state index is 0.407. The second kappa shape index (κ2) is 5.61. The lowest BCUT2D eigenvalue weighted by Gasteiger charge is -2.05. The number of ether oxygens (including phenoxy) is 1. The molecule has 3 rings (SSSR count). The maximum Gasteiger partial charge on any atom is 0.208 e. The Bertz CT molecular complexity index is 728. The van der Waals surface area contributed by atoms with Gasteiger partial charge in [0.15, 0.2) is 0 Å². The molecule has 2 heterocycles. The van der Waals surface area contributed by atoms with Gasteiger partial charge in [-0.25, -0.2) is 9.97 Å². The topological polar surface area (TPSA) is 35.0 Å². The Labute approximate surface area is 125 Å². The number of hydrogen-bond acceptors (Lipinski definition) is 4. The Morgan fingerprint density at radius 1 is 1.15 bits per heavy atom. The van der Waals surface area contributed by atoms with E-state index in [9.17, 15) is 0 Å². The normalized spacial score (nSPS) is 10.5. The van der Waals surface area contributed by atoms with Crippen LogP contribution >= 0.6 is 22.9 Å². The van der Waals surface area contributed by atoms with Gasteiger partial charge in [-0.05, 0) is 13.0 Å². The molecule has 5 heteroatoms. The van der Waals surface area contributed by atoms with E-state index in [1.807, 2.05) is 37.3 Å². The van der Waals surface area contributed by atoms with E-state index < -0.39 is 0 Å². The van der Waals surface area contributed by atoms with Gasteiger partial charge in [0.05, 0.1) is 5.01 Å². The predicted octanol–water partition coefficient (Wildman–Crippen LogP) is 4.96. The highest BCUT2D eigenvalue weighted by molar-refractivity contribution is 7.13. The zero-order chi connectivity index (χ0) is 13.9. The molecular weight excluding hydrogens is 292 g/mol. The van der Waals surface area contributed by atoms with Crippen LogP contribution in [0.4, 0.5) is 0 Å². The zero-order valence-corrected chi connectivity index (χ0v) is 12.3. The van der Waals surface area contributed by atoms with Crippen molar-refractivity contribution in [1.29, 1.82) is 0 Å². The van der Waals surface area contributed by atoms with E-state index in [1.54, 1.807) is 18.3 Å². The fourth-order valence-corrected chi connectivity index (χ4v) is 2.78. The van der Waals surface area contributed by atoms with Crippen molar-refractivity contribution in [3.8, 4) is 22.1 Å². The molecule has 0 aliphatic rings. The van der Waals surface area contributed by atoms with Crippen LogP contribution in [0.25, 0.3) is 11.3 Å². The second-order valence-corrected chi connectivity index (χ2v) is 5.70. The Morgan fingerprint density at radius 3 is 2.70 bits per heavy atom. The highest BCUT2D eigenvalue weighted by Gasteiger charge is 2.13. The first-order valence-corrected chi connectivity index (χ1v) is 7.24. The lowest BCUT2D eigenvalue weighted by molar-refractivity contribution is 0.496. The Morgan fingerprint density at radius 2 is 1.95 bits per heavy atom. The maximum atomic E-state index is 5.90. The number of hydrogen-bond donors (Lipinski definition) is 0. The van der Waals surface area contributed by atoms with Crippen LogP contribution in [0.5, 0.6) is 10.8 Å². The number of benzene rings is 1. The Kier molecular flexibility index (Phi) is 3.67. The van der Waals surface area contributed by atoms with Gasteiger partial charge in [0.2, 0.25) is 5.06 Å². The van der Waals surface area contributed by atoms with E-state index in [4.69, 9.17) is 16.3 Å². The molecule has 0 amide bonds. The van der Waals surface area contributed by atoms with Gasteiger partial charge < -0.3 is 4.74 Å². The van der Waals surface area contributed by atoms with Crippen molar-refractivity contribution in [2.75, 3.05) is 0 Å². The lowest BCUT2D eigenvalue weighted by atomic mass is 10.2. The Hall–Kier alpha value is -1.91. The first-order valence-electron chi connectivity index (χ1n) is 6.04. The summed E-state index contributed by atoms with van der Waals surface area (Å²) >= 11 is 7.38. The van der Waals surface area contributed by atoms with Crippen LogP contribution in [0, 0.1) is 6.92 Å². The molecule has 0 N–H and O–H groups in total. The van der Waals surface area contributed by atoms with Gasteiger partial charge in [-0.15, -0.1) is 0 Å². The molecule has 0 fully saturated rings. The second-order valence-electron chi connectivity index (χ2n) is 4.15. The van der Waals surface area contributed by atoms with E-state index in [2.05, 4.69) is 9.97 Å². The third-order valence-electron chi connectivity index (χ3n) is 2.66. The highest BCUT2D eigenvalue weighted by Crippen LogP contribution is 2.38. The molecule has 0 unspecified atom stereocenters. The number of thiazole rings is 1. The maximum absolute atomic E-state index is 5.90. The molecule has 0 saturated heterocycles. The van der Waals surface area contributed by atoms with E-state index in [1.165, 1.54) is 11.3 Å². The fraction of sp³-hybridized carbons (Fsp3) is 0.0667. The molecule has 100 valence electrons. The molecular formula is C15H11ClN2OS. The first kappa shape index (κ1) is 13.1. The summed E-state index contributed by atoms with van der Waals surface area (Å²) < 4.78 is 5.90. The van der Waals surface area contributed by atoms with Gasteiger partial charge >= 0.3 is 0 Å². The molecule has 0 spiro atoms. The molecule has 0 radical (unpaired) electrons. The summed E-state index contributed by atoms with van der Waals surface area (Å²) in [4.78, 5) is 8.48. The molecule has 20 heavy (non-hydrogen) atoms. The van der Waals surface area contributed by atoms with E-state index >= 15 is 0 Å². The quantitative estimate of drug-likeness (QED) is 0.641. The number of halogens is 1. The summed E-state index contributed by atoms with van der Waals surface area (Å²) in [5.41, 5.74) is 1.88. The molecule has 1 aromatic carbocycles. The van der Waals surface area contributed by atoms with E-state index in [0.29, 0.717) is 10.9 Å². The molecule has 0 aliphatic heterocycles. The minimum Gasteiger partial charge on any atom is -0.444 e. The van der Waals surface area contributed by atoms with E-state index in [-0.39, 0.29) is 0 Å². The van der Waals surface area contributed by atoms with Crippen molar-refractivity contribution in [3.63, 3.8) is 0 Å². The molecule has 0 bridgehead atoms. The predicted molar refractivity (Wildman–Crippen MR) is 81.6 cm³/mol. The monoisotopic (exact) mass is 302 g/mol. The standard InChI is InChI=1S/C15H11ClN2OS/c1-10-18-14(11-5-3-2-4-6-11)15(20-10)19-12-7-8-17-13(16)9-12/h2-9H,1H3. The van der Waals surface area contributed by atoms with Crippen LogP contribution in [0.15, 0.2) is 48.7 Å². The van der Waals surface area contributed by atoms with E-state index in [0.717, 1.165) is 21.3 Å². The van der Waals surface area contributed by atoms with Crippen molar-refractivity contribution in [1.82, 2.24) is 9.97 Å². The van der Waals surface area contributed by atoms with Crippen molar-refractivity contribution >= 4 is 22.9 Å². The third kappa shape index (κ3) is 2.81. The summed E-state index contributed by atoms with van der Waals surface area (Å²) in [7, 11) is 0. The number of aryl methyl sites for hydroxylation is 1. The Balaban J connectivity index is 1.98. The van der Waals surface area contributed by atoms with Gasteiger partial charge in [0.1, 0.15) is 16.6 Å². The van der Waals surface area contributed by atoms with Crippen LogP contribution in [0.3, 0.4) is 0 Å². The fourth-order valence-electron chi connectivity index (χ4n) is 1.81. The molecule has 0 atom stereocenters. The molecule has 3 nitrogen and oxygen atoms in total. The van der Waals surface area contributed by atoms with Crippen LogP contribution in [0.1, 0.15) is 5.01 Å². The average molecular weight is 303 g/mol. The summed E-state index contributed by atoms with van der Waals surface area (Å²) in [6.45, 7) is 1.96. The molecule has 0 saturated carbocycles. The SMILES string of the molecule is Cc1nc(-c2ccccc2)c(Oc2ccnc(Cl)c2)s1.